The molecule has 0 saturated carbocycles. The van der Waals surface area contributed by atoms with Gasteiger partial charge in [0.05, 0.1) is 12.6 Å². The third-order valence-corrected chi connectivity index (χ3v) is 2.33. The number of hydrogen-bond donors (Lipinski definition) is 2. The first-order valence-electron chi connectivity index (χ1n) is 4.58. The SMILES string of the molecule is CC(N)c1noc(C2(N)CCOC2)n1.Cl. The molecule has 0 aliphatic carbocycles. The van der Waals surface area contributed by atoms with Gasteiger partial charge in [0.15, 0.2) is 5.82 Å². The van der Waals surface area contributed by atoms with Crippen molar-refractivity contribution in [3.8, 4) is 0 Å². The van der Waals surface area contributed by atoms with E-state index >= 15 is 0 Å². The Bertz CT molecular complexity index is 322. The molecule has 1 aliphatic heterocycles. The van der Waals surface area contributed by atoms with Gasteiger partial charge >= 0.3 is 0 Å². The van der Waals surface area contributed by atoms with Gasteiger partial charge < -0.3 is 20.7 Å². The molecule has 1 aromatic heterocycles. The lowest BCUT2D eigenvalue weighted by atomic mass is 10.0. The van der Waals surface area contributed by atoms with E-state index in [1.807, 2.05) is 0 Å². The Kier molecular flexibility index (Phi) is 3.67. The molecule has 1 saturated heterocycles. The van der Waals surface area contributed by atoms with Gasteiger partial charge in [-0.3, -0.25) is 0 Å². The van der Waals surface area contributed by atoms with Crippen LogP contribution in [-0.4, -0.2) is 23.4 Å². The van der Waals surface area contributed by atoms with Crippen LogP contribution >= 0.6 is 12.4 Å². The van der Waals surface area contributed by atoms with Gasteiger partial charge in [-0.05, 0) is 13.3 Å². The topological polar surface area (TPSA) is 100 Å². The van der Waals surface area contributed by atoms with Crippen LogP contribution in [0.3, 0.4) is 0 Å². The molecule has 0 spiro atoms. The van der Waals surface area contributed by atoms with E-state index in [9.17, 15) is 0 Å². The Hall–Kier alpha value is -0.690. The monoisotopic (exact) mass is 234 g/mol. The number of halogens is 1. The molecule has 0 radical (unpaired) electrons. The van der Waals surface area contributed by atoms with Crippen molar-refractivity contribution in [1.82, 2.24) is 10.1 Å². The van der Waals surface area contributed by atoms with Crippen molar-refractivity contribution in [2.75, 3.05) is 13.2 Å². The van der Waals surface area contributed by atoms with Crippen LogP contribution in [-0.2, 0) is 10.3 Å². The molecule has 0 bridgehead atoms. The number of nitrogens with two attached hydrogens (primary N) is 2. The Morgan fingerprint density at radius 2 is 2.27 bits per heavy atom. The van der Waals surface area contributed by atoms with Gasteiger partial charge in [0.1, 0.15) is 5.54 Å². The number of aromatic nitrogens is 2. The van der Waals surface area contributed by atoms with Crippen molar-refractivity contribution in [3.63, 3.8) is 0 Å². The second kappa shape index (κ2) is 4.44. The second-order valence-electron chi connectivity index (χ2n) is 3.71. The maximum atomic E-state index is 6.03. The summed E-state index contributed by atoms with van der Waals surface area (Å²) in [5.41, 5.74) is 11.0. The Morgan fingerprint density at radius 3 is 2.73 bits per heavy atom. The van der Waals surface area contributed by atoms with E-state index < -0.39 is 5.54 Å². The summed E-state index contributed by atoms with van der Waals surface area (Å²) in [6.07, 6.45) is 0.702. The maximum Gasteiger partial charge on any atom is 0.249 e. The van der Waals surface area contributed by atoms with E-state index in [1.165, 1.54) is 0 Å². The molecule has 1 fully saturated rings. The molecule has 86 valence electrons. The fraction of sp³-hybridized carbons (Fsp3) is 0.750. The van der Waals surface area contributed by atoms with Crippen LogP contribution in [0.2, 0.25) is 0 Å². The molecule has 7 heteroatoms. The molecule has 2 heterocycles. The molecule has 15 heavy (non-hydrogen) atoms. The molecule has 2 unspecified atom stereocenters. The standard InChI is InChI=1S/C8H14N4O2.ClH/c1-5(9)6-11-7(14-12-6)8(10)2-3-13-4-8;/h5H,2-4,9-10H2,1H3;1H. The molecule has 0 amide bonds. The summed E-state index contributed by atoms with van der Waals surface area (Å²) >= 11 is 0. The summed E-state index contributed by atoms with van der Waals surface area (Å²) in [6, 6.07) is -0.238. The molecule has 1 aromatic rings. The van der Waals surface area contributed by atoms with Crippen LogP contribution in [0.5, 0.6) is 0 Å². The highest BCUT2D eigenvalue weighted by atomic mass is 35.5. The van der Waals surface area contributed by atoms with Gasteiger partial charge in [0.25, 0.3) is 0 Å². The molecule has 1 aliphatic rings. The third kappa shape index (κ3) is 2.28. The fourth-order valence-electron chi connectivity index (χ4n) is 1.37. The highest BCUT2D eigenvalue weighted by Gasteiger charge is 2.38. The Balaban J connectivity index is 0.00000112. The van der Waals surface area contributed by atoms with Crippen molar-refractivity contribution in [3.05, 3.63) is 11.7 Å². The van der Waals surface area contributed by atoms with Gasteiger partial charge in [-0.2, -0.15) is 4.98 Å². The summed E-state index contributed by atoms with van der Waals surface area (Å²) in [5.74, 6) is 0.902. The Labute approximate surface area is 93.7 Å². The fourth-order valence-corrected chi connectivity index (χ4v) is 1.37. The van der Waals surface area contributed by atoms with E-state index in [-0.39, 0.29) is 18.4 Å². The number of rotatable bonds is 2. The van der Waals surface area contributed by atoms with Crippen molar-refractivity contribution >= 4 is 12.4 Å². The number of ether oxygens (including phenoxy) is 1. The number of nitrogens with zero attached hydrogens (tertiary/aromatic N) is 2. The van der Waals surface area contributed by atoms with E-state index in [0.29, 0.717) is 31.3 Å². The smallest absolute Gasteiger partial charge is 0.249 e. The molecular weight excluding hydrogens is 220 g/mol. The average Bonchev–Trinajstić information content (AvgIpc) is 2.71. The largest absolute Gasteiger partial charge is 0.379 e. The first kappa shape index (κ1) is 12.4. The Morgan fingerprint density at radius 1 is 1.53 bits per heavy atom. The van der Waals surface area contributed by atoms with E-state index in [1.54, 1.807) is 6.92 Å². The maximum absolute atomic E-state index is 6.03. The minimum atomic E-state index is -0.625. The van der Waals surface area contributed by atoms with Gasteiger partial charge in [-0.25, -0.2) is 0 Å². The van der Waals surface area contributed by atoms with Crippen LogP contribution in [0.1, 0.15) is 31.1 Å². The van der Waals surface area contributed by atoms with Crippen molar-refractivity contribution < 1.29 is 9.26 Å². The molecule has 4 N–H and O–H groups in total. The first-order chi connectivity index (χ1) is 6.62. The summed E-state index contributed by atoms with van der Waals surface area (Å²) in [5, 5.41) is 3.76. The van der Waals surface area contributed by atoms with Crippen LogP contribution in [0, 0.1) is 0 Å². The lowest BCUT2D eigenvalue weighted by Gasteiger charge is -2.15. The van der Waals surface area contributed by atoms with Crippen molar-refractivity contribution in [2.45, 2.75) is 24.9 Å². The zero-order valence-electron chi connectivity index (χ0n) is 8.47. The van der Waals surface area contributed by atoms with Crippen LogP contribution in [0.4, 0.5) is 0 Å². The van der Waals surface area contributed by atoms with Crippen LogP contribution < -0.4 is 11.5 Å². The predicted molar refractivity (Wildman–Crippen MR) is 55.4 cm³/mol. The lowest BCUT2D eigenvalue weighted by molar-refractivity contribution is 0.166. The van der Waals surface area contributed by atoms with E-state index in [4.69, 9.17) is 20.7 Å². The average molecular weight is 235 g/mol. The summed E-state index contributed by atoms with van der Waals surface area (Å²) in [4.78, 5) is 4.16. The zero-order chi connectivity index (χ0) is 10.2. The number of hydrogen-bond acceptors (Lipinski definition) is 6. The molecular formula is C8H15ClN4O2. The summed E-state index contributed by atoms with van der Waals surface area (Å²) in [6.45, 7) is 2.85. The van der Waals surface area contributed by atoms with Gasteiger partial charge in [-0.15, -0.1) is 12.4 Å². The second-order valence-corrected chi connectivity index (χ2v) is 3.71. The minimum absolute atomic E-state index is 0. The van der Waals surface area contributed by atoms with Crippen LogP contribution in [0.25, 0.3) is 0 Å². The van der Waals surface area contributed by atoms with Gasteiger partial charge in [0.2, 0.25) is 5.89 Å². The summed E-state index contributed by atoms with van der Waals surface area (Å²) in [7, 11) is 0. The normalized spacial score (nSPS) is 27.4. The molecule has 0 aromatic carbocycles. The lowest BCUT2D eigenvalue weighted by Crippen LogP contribution is -2.37. The van der Waals surface area contributed by atoms with Crippen molar-refractivity contribution in [1.29, 1.82) is 0 Å². The van der Waals surface area contributed by atoms with Gasteiger partial charge in [0, 0.05) is 6.61 Å². The van der Waals surface area contributed by atoms with Crippen molar-refractivity contribution in [2.24, 2.45) is 11.5 Å². The zero-order valence-corrected chi connectivity index (χ0v) is 9.29. The van der Waals surface area contributed by atoms with Gasteiger partial charge in [-0.1, -0.05) is 5.16 Å². The highest BCUT2D eigenvalue weighted by Crippen LogP contribution is 2.26. The molecule has 2 atom stereocenters. The minimum Gasteiger partial charge on any atom is -0.379 e. The quantitative estimate of drug-likeness (QED) is 0.752. The third-order valence-electron chi connectivity index (χ3n) is 2.33. The van der Waals surface area contributed by atoms with Crippen LogP contribution in [0.15, 0.2) is 4.52 Å². The molecule has 2 rings (SSSR count). The van der Waals surface area contributed by atoms with E-state index in [2.05, 4.69) is 10.1 Å². The molecule has 6 nitrogen and oxygen atoms in total. The first-order valence-corrected chi connectivity index (χ1v) is 4.58. The predicted octanol–water partition coefficient (Wildman–Crippen LogP) is 0.0854. The summed E-state index contributed by atoms with van der Waals surface area (Å²) < 4.78 is 10.3. The highest BCUT2D eigenvalue weighted by molar-refractivity contribution is 5.85. The van der Waals surface area contributed by atoms with E-state index in [0.717, 1.165) is 0 Å².